The number of anilines is 1. The summed E-state index contributed by atoms with van der Waals surface area (Å²) in [6, 6.07) is 10.3. The molecule has 11 heteroatoms. The Balaban J connectivity index is 1.80. The van der Waals surface area contributed by atoms with Crippen LogP contribution in [0.15, 0.2) is 65.8 Å². The van der Waals surface area contributed by atoms with Crippen LogP contribution in [-0.4, -0.2) is 37.2 Å². The van der Waals surface area contributed by atoms with Crippen LogP contribution in [0.5, 0.6) is 0 Å². The number of nitrogens with zero attached hydrogens (tertiary/aromatic N) is 2. The van der Waals surface area contributed by atoms with Gasteiger partial charge in [-0.15, -0.1) is 0 Å². The maximum absolute atomic E-state index is 13.1. The van der Waals surface area contributed by atoms with Gasteiger partial charge in [0.15, 0.2) is 0 Å². The number of rotatable bonds is 8. The van der Waals surface area contributed by atoms with Crippen molar-refractivity contribution in [2.75, 3.05) is 11.8 Å². The third-order valence-corrected chi connectivity index (χ3v) is 5.54. The Morgan fingerprint density at radius 2 is 1.90 bits per heavy atom. The second kappa shape index (κ2) is 9.39. The maximum Gasteiger partial charge on any atom is 0.337 e. The molecule has 0 aliphatic carbocycles. The minimum atomic E-state index is -4.03. The van der Waals surface area contributed by atoms with Crippen LogP contribution < -0.4 is 10.0 Å². The highest BCUT2D eigenvalue weighted by Gasteiger charge is 2.17. The van der Waals surface area contributed by atoms with Gasteiger partial charge in [0.2, 0.25) is 5.91 Å². The lowest BCUT2D eigenvalue weighted by Crippen LogP contribution is -2.27. The molecular weight excluding hydrogens is 427 g/mol. The second-order valence-corrected chi connectivity index (χ2v) is 8.13. The summed E-state index contributed by atoms with van der Waals surface area (Å²) >= 11 is 0. The summed E-state index contributed by atoms with van der Waals surface area (Å²) in [4.78, 5) is 23.9. The summed E-state index contributed by atoms with van der Waals surface area (Å²) in [5.41, 5.74) is 0.648. The molecule has 2 aromatic carbocycles. The number of sulfonamides is 1. The van der Waals surface area contributed by atoms with Crippen LogP contribution in [0.4, 0.5) is 10.1 Å². The van der Waals surface area contributed by atoms with E-state index < -0.39 is 21.8 Å². The molecule has 1 amide bonds. The largest absolute Gasteiger partial charge is 0.465 e. The van der Waals surface area contributed by atoms with Crippen molar-refractivity contribution in [1.29, 1.82) is 0 Å². The van der Waals surface area contributed by atoms with Crippen molar-refractivity contribution in [3.63, 3.8) is 0 Å². The van der Waals surface area contributed by atoms with Gasteiger partial charge in [0, 0.05) is 18.9 Å². The number of amides is 1. The van der Waals surface area contributed by atoms with E-state index in [2.05, 4.69) is 15.1 Å². The normalized spacial score (nSPS) is 11.0. The number of methoxy groups -OCH3 is 1. The number of carbonyl (C=O) groups is 2. The molecule has 0 saturated heterocycles. The lowest BCUT2D eigenvalue weighted by atomic mass is 10.1. The number of esters is 1. The first kappa shape index (κ1) is 22.0. The molecule has 31 heavy (non-hydrogen) atoms. The maximum atomic E-state index is 13.1. The average Bonchev–Trinajstić information content (AvgIpc) is 3.24. The van der Waals surface area contributed by atoms with Gasteiger partial charge in [-0.1, -0.05) is 0 Å². The zero-order chi connectivity index (χ0) is 22.4. The van der Waals surface area contributed by atoms with E-state index in [1.165, 1.54) is 30.0 Å². The Bertz CT molecular complexity index is 1180. The number of aromatic nitrogens is 2. The average molecular weight is 446 g/mol. The van der Waals surface area contributed by atoms with Crippen molar-refractivity contribution in [2.45, 2.75) is 18.0 Å². The number of nitrogens with one attached hydrogen (secondary N) is 2. The quantitative estimate of drug-likeness (QED) is 0.511. The van der Waals surface area contributed by atoms with Crippen molar-refractivity contribution >= 4 is 27.6 Å². The first-order valence-corrected chi connectivity index (χ1v) is 10.5. The predicted octanol–water partition coefficient (Wildman–Crippen LogP) is 1.93. The molecule has 0 atom stereocenters. The standard InChI is InChI=1S/C20H19FN4O5S/c1-30-20(27)15-9-14(12-22-19(26)13-25-8-2-7-23-25)10-17(11-15)24-31(28,29)18-5-3-16(21)4-6-18/h2-11,24H,12-13H2,1H3,(H,22,26). The van der Waals surface area contributed by atoms with Crippen molar-refractivity contribution < 1.29 is 27.1 Å². The topological polar surface area (TPSA) is 119 Å². The van der Waals surface area contributed by atoms with E-state index in [0.717, 1.165) is 24.3 Å². The van der Waals surface area contributed by atoms with E-state index in [0.29, 0.717) is 5.56 Å². The fraction of sp³-hybridized carbons (Fsp3) is 0.150. The molecule has 0 spiro atoms. The summed E-state index contributed by atoms with van der Waals surface area (Å²) in [5, 5.41) is 6.62. The van der Waals surface area contributed by atoms with Gasteiger partial charge in [0.1, 0.15) is 12.4 Å². The van der Waals surface area contributed by atoms with Crippen LogP contribution in [0.1, 0.15) is 15.9 Å². The first-order valence-electron chi connectivity index (χ1n) is 9.01. The summed E-state index contributed by atoms with van der Waals surface area (Å²) in [5.74, 6) is -1.56. The Morgan fingerprint density at radius 1 is 1.16 bits per heavy atom. The van der Waals surface area contributed by atoms with Gasteiger partial charge in [-0.3, -0.25) is 14.2 Å². The van der Waals surface area contributed by atoms with Gasteiger partial charge in [-0.25, -0.2) is 17.6 Å². The molecule has 0 bridgehead atoms. The Labute approximate surface area is 177 Å². The van der Waals surface area contributed by atoms with Crippen molar-refractivity contribution in [1.82, 2.24) is 15.1 Å². The van der Waals surface area contributed by atoms with E-state index >= 15 is 0 Å². The van der Waals surface area contributed by atoms with E-state index in [4.69, 9.17) is 4.74 Å². The minimum Gasteiger partial charge on any atom is -0.465 e. The van der Waals surface area contributed by atoms with Crippen molar-refractivity contribution in [2.24, 2.45) is 0 Å². The lowest BCUT2D eigenvalue weighted by Gasteiger charge is -2.12. The van der Waals surface area contributed by atoms with Crippen LogP contribution in [0, 0.1) is 5.82 Å². The molecule has 1 heterocycles. The summed E-state index contributed by atoms with van der Waals surface area (Å²) in [7, 11) is -2.83. The number of benzene rings is 2. The molecule has 0 aliphatic heterocycles. The van der Waals surface area contributed by atoms with Crippen LogP contribution in [-0.2, 0) is 32.6 Å². The Morgan fingerprint density at radius 3 is 2.55 bits per heavy atom. The molecule has 0 fully saturated rings. The Hall–Kier alpha value is -3.73. The molecule has 0 unspecified atom stereocenters. The second-order valence-electron chi connectivity index (χ2n) is 6.45. The summed E-state index contributed by atoms with van der Waals surface area (Å²) < 4.78 is 46.8. The SMILES string of the molecule is COC(=O)c1cc(CNC(=O)Cn2cccn2)cc(NS(=O)(=O)c2ccc(F)cc2)c1. The summed E-state index contributed by atoms with van der Waals surface area (Å²) in [6.07, 6.45) is 3.19. The summed E-state index contributed by atoms with van der Waals surface area (Å²) in [6.45, 7) is 0.0456. The first-order chi connectivity index (χ1) is 14.8. The number of halogens is 1. The zero-order valence-corrected chi connectivity index (χ0v) is 17.2. The third kappa shape index (κ3) is 5.89. The van der Waals surface area contributed by atoms with E-state index in [-0.39, 0.29) is 35.1 Å². The molecule has 3 aromatic rings. The third-order valence-electron chi connectivity index (χ3n) is 4.14. The number of carbonyl (C=O) groups excluding carboxylic acids is 2. The van der Waals surface area contributed by atoms with Gasteiger partial charge in [0.25, 0.3) is 10.0 Å². The predicted molar refractivity (Wildman–Crippen MR) is 109 cm³/mol. The molecule has 0 saturated carbocycles. The Kier molecular flexibility index (Phi) is 6.65. The highest BCUT2D eigenvalue weighted by atomic mass is 32.2. The molecule has 0 radical (unpaired) electrons. The van der Waals surface area contributed by atoms with Gasteiger partial charge in [0.05, 0.1) is 23.3 Å². The molecule has 2 N–H and O–H groups in total. The zero-order valence-electron chi connectivity index (χ0n) is 16.4. The van der Waals surface area contributed by atoms with Gasteiger partial charge in [-0.05, 0) is 54.1 Å². The molecular formula is C20H19FN4O5S. The fourth-order valence-electron chi connectivity index (χ4n) is 2.71. The van der Waals surface area contributed by atoms with Crippen LogP contribution >= 0.6 is 0 Å². The van der Waals surface area contributed by atoms with Gasteiger partial charge >= 0.3 is 5.97 Å². The van der Waals surface area contributed by atoms with Crippen molar-refractivity contribution in [3.8, 4) is 0 Å². The number of hydrogen-bond acceptors (Lipinski definition) is 6. The van der Waals surface area contributed by atoms with Gasteiger partial charge in [-0.2, -0.15) is 5.10 Å². The molecule has 3 rings (SSSR count). The molecule has 162 valence electrons. The highest BCUT2D eigenvalue weighted by molar-refractivity contribution is 7.92. The molecule has 0 aliphatic rings. The van der Waals surface area contributed by atoms with E-state index in [1.54, 1.807) is 18.5 Å². The molecule has 1 aromatic heterocycles. The van der Waals surface area contributed by atoms with Crippen LogP contribution in [0.25, 0.3) is 0 Å². The highest BCUT2D eigenvalue weighted by Crippen LogP contribution is 2.20. The lowest BCUT2D eigenvalue weighted by molar-refractivity contribution is -0.122. The number of hydrogen-bond donors (Lipinski definition) is 2. The van der Waals surface area contributed by atoms with Crippen LogP contribution in [0.3, 0.4) is 0 Å². The number of ether oxygens (including phenoxy) is 1. The minimum absolute atomic E-state index is 0.00768. The van der Waals surface area contributed by atoms with E-state index in [1.807, 2.05) is 0 Å². The van der Waals surface area contributed by atoms with E-state index in [9.17, 15) is 22.4 Å². The fourth-order valence-corrected chi connectivity index (χ4v) is 3.75. The molecule has 9 nitrogen and oxygen atoms in total. The monoisotopic (exact) mass is 446 g/mol. The van der Waals surface area contributed by atoms with Crippen molar-refractivity contribution in [3.05, 3.63) is 77.9 Å². The van der Waals surface area contributed by atoms with Crippen LogP contribution in [0.2, 0.25) is 0 Å². The van der Waals surface area contributed by atoms with Gasteiger partial charge < -0.3 is 10.1 Å². The smallest absolute Gasteiger partial charge is 0.337 e.